The minimum atomic E-state index is -0.219. The number of hydrogen-bond acceptors (Lipinski definition) is 5. The third-order valence-corrected chi connectivity index (χ3v) is 3.45. The lowest BCUT2D eigenvalue weighted by Gasteiger charge is -2.08. The molecule has 0 unspecified atom stereocenters. The SMILES string of the molecule is COc1ccc(-c2coc3cc(O)cc(OC)c3c2=O)cc1. The normalized spacial score (nSPS) is 10.6. The molecule has 3 rings (SSSR count). The Hall–Kier alpha value is -2.95. The van der Waals surface area contributed by atoms with Crippen molar-refractivity contribution in [3.8, 4) is 28.4 Å². The molecule has 22 heavy (non-hydrogen) atoms. The maximum atomic E-state index is 12.7. The van der Waals surface area contributed by atoms with E-state index in [9.17, 15) is 9.90 Å². The van der Waals surface area contributed by atoms with Crippen LogP contribution in [0.15, 0.2) is 51.9 Å². The Morgan fingerprint density at radius 1 is 1.05 bits per heavy atom. The maximum Gasteiger partial charge on any atom is 0.204 e. The molecule has 3 aromatic rings. The van der Waals surface area contributed by atoms with Gasteiger partial charge in [-0.25, -0.2) is 0 Å². The second kappa shape index (κ2) is 5.44. The van der Waals surface area contributed by atoms with Crippen LogP contribution in [0.25, 0.3) is 22.1 Å². The standard InChI is InChI=1S/C17H14O5/c1-20-12-5-3-10(4-6-12)13-9-22-15-8-11(18)7-14(21-2)16(15)17(13)19/h3-9,18H,1-2H3. The van der Waals surface area contributed by atoms with Gasteiger partial charge in [0.25, 0.3) is 0 Å². The van der Waals surface area contributed by atoms with Gasteiger partial charge >= 0.3 is 0 Å². The van der Waals surface area contributed by atoms with Crippen LogP contribution in [0, 0.1) is 0 Å². The Labute approximate surface area is 126 Å². The zero-order valence-electron chi connectivity index (χ0n) is 12.1. The second-order valence-electron chi connectivity index (χ2n) is 4.73. The molecule has 0 aliphatic carbocycles. The van der Waals surface area contributed by atoms with Crippen molar-refractivity contribution in [3.05, 3.63) is 52.9 Å². The Morgan fingerprint density at radius 3 is 2.41 bits per heavy atom. The topological polar surface area (TPSA) is 68.9 Å². The molecule has 0 saturated carbocycles. The third kappa shape index (κ3) is 2.26. The average molecular weight is 298 g/mol. The summed E-state index contributed by atoms with van der Waals surface area (Å²) in [7, 11) is 3.02. The first kappa shape index (κ1) is 14.0. The molecule has 0 radical (unpaired) electrons. The summed E-state index contributed by atoms with van der Waals surface area (Å²) in [6.07, 6.45) is 1.38. The number of aromatic hydroxyl groups is 1. The highest BCUT2D eigenvalue weighted by Gasteiger charge is 2.14. The van der Waals surface area contributed by atoms with Crippen LogP contribution in [0.2, 0.25) is 0 Å². The molecule has 5 nitrogen and oxygen atoms in total. The molecule has 0 amide bonds. The van der Waals surface area contributed by atoms with Crippen LogP contribution < -0.4 is 14.9 Å². The van der Waals surface area contributed by atoms with Crippen LogP contribution in [-0.4, -0.2) is 19.3 Å². The van der Waals surface area contributed by atoms with Crippen molar-refractivity contribution < 1.29 is 19.0 Å². The van der Waals surface area contributed by atoms with Crippen molar-refractivity contribution in [2.24, 2.45) is 0 Å². The van der Waals surface area contributed by atoms with Gasteiger partial charge in [0.2, 0.25) is 5.43 Å². The molecule has 0 aliphatic rings. The van der Waals surface area contributed by atoms with Crippen LogP contribution in [-0.2, 0) is 0 Å². The van der Waals surface area contributed by atoms with Gasteiger partial charge in [0.1, 0.15) is 34.5 Å². The summed E-state index contributed by atoms with van der Waals surface area (Å²) in [5.74, 6) is 0.959. The van der Waals surface area contributed by atoms with E-state index in [1.807, 2.05) is 0 Å². The van der Waals surface area contributed by atoms with Crippen molar-refractivity contribution in [2.45, 2.75) is 0 Å². The van der Waals surface area contributed by atoms with Gasteiger partial charge in [-0.15, -0.1) is 0 Å². The molecular weight excluding hydrogens is 284 g/mol. The molecule has 0 aliphatic heterocycles. The van der Waals surface area contributed by atoms with Gasteiger partial charge < -0.3 is 19.0 Å². The van der Waals surface area contributed by atoms with Crippen LogP contribution in [0.5, 0.6) is 17.2 Å². The minimum absolute atomic E-state index is 0.0234. The molecule has 1 aromatic heterocycles. The van der Waals surface area contributed by atoms with E-state index in [1.54, 1.807) is 31.4 Å². The van der Waals surface area contributed by atoms with Crippen molar-refractivity contribution in [3.63, 3.8) is 0 Å². The third-order valence-electron chi connectivity index (χ3n) is 3.45. The molecule has 1 N–H and O–H groups in total. The summed E-state index contributed by atoms with van der Waals surface area (Å²) in [4.78, 5) is 12.7. The summed E-state index contributed by atoms with van der Waals surface area (Å²) in [6.45, 7) is 0. The highest BCUT2D eigenvalue weighted by Crippen LogP contribution is 2.30. The van der Waals surface area contributed by atoms with Crippen molar-refractivity contribution in [1.82, 2.24) is 0 Å². The summed E-state index contributed by atoms with van der Waals surface area (Å²) >= 11 is 0. The first-order valence-corrected chi connectivity index (χ1v) is 6.61. The van der Waals surface area contributed by atoms with Crippen LogP contribution >= 0.6 is 0 Å². The highest BCUT2D eigenvalue weighted by atomic mass is 16.5. The zero-order chi connectivity index (χ0) is 15.7. The van der Waals surface area contributed by atoms with Crippen LogP contribution in [0.1, 0.15) is 0 Å². The molecule has 0 fully saturated rings. The second-order valence-corrected chi connectivity index (χ2v) is 4.73. The van der Waals surface area contributed by atoms with Crippen molar-refractivity contribution in [2.75, 3.05) is 14.2 Å². The molecule has 0 atom stereocenters. The summed E-state index contributed by atoms with van der Waals surface area (Å²) in [6, 6.07) is 9.88. The summed E-state index contributed by atoms with van der Waals surface area (Å²) in [5.41, 5.74) is 1.19. The van der Waals surface area contributed by atoms with E-state index in [1.165, 1.54) is 25.5 Å². The molecule has 0 spiro atoms. The van der Waals surface area contributed by atoms with Gasteiger partial charge in [-0.1, -0.05) is 12.1 Å². The number of hydrogen-bond donors (Lipinski definition) is 1. The summed E-state index contributed by atoms with van der Waals surface area (Å²) < 4.78 is 15.8. The van der Waals surface area contributed by atoms with Gasteiger partial charge in [0.15, 0.2) is 0 Å². The lowest BCUT2D eigenvalue weighted by Crippen LogP contribution is -2.06. The Balaban J connectivity index is 2.25. The van der Waals surface area contributed by atoms with E-state index < -0.39 is 0 Å². The highest BCUT2D eigenvalue weighted by molar-refractivity contribution is 5.88. The number of rotatable bonds is 3. The predicted molar refractivity (Wildman–Crippen MR) is 82.7 cm³/mol. The van der Waals surface area contributed by atoms with Crippen molar-refractivity contribution in [1.29, 1.82) is 0 Å². The molecule has 0 bridgehead atoms. The smallest absolute Gasteiger partial charge is 0.204 e. The number of phenolic OH excluding ortho intramolecular Hbond substituents is 1. The van der Waals surface area contributed by atoms with E-state index in [2.05, 4.69) is 0 Å². The van der Waals surface area contributed by atoms with Crippen LogP contribution in [0.3, 0.4) is 0 Å². The first-order chi connectivity index (χ1) is 10.6. The largest absolute Gasteiger partial charge is 0.508 e. The number of fused-ring (bicyclic) bond motifs is 1. The fourth-order valence-corrected chi connectivity index (χ4v) is 2.33. The quantitative estimate of drug-likeness (QED) is 0.804. The number of phenols is 1. The zero-order valence-corrected chi connectivity index (χ0v) is 12.1. The Kier molecular flexibility index (Phi) is 3.47. The Bertz CT molecular complexity index is 878. The molecule has 5 heteroatoms. The van der Waals surface area contributed by atoms with E-state index in [4.69, 9.17) is 13.9 Å². The molecule has 2 aromatic carbocycles. The molecule has 1 heterocycles. The lowest BCUT2D eigenvalue weighted by molar-refractivity contribution is 0.411. The maximum absolute atomic E-state index is 12.7. The Morgan fingerprint density at radius 2 is 1.77 bits per heavy atom. The monoisotopic (exact) mass is 298 g/mol. The van der Waals surface area contributed by atoms with Gasteiger partial charge in [-0.05, 0) is 17.7 Å². The first-order valence-electron chi connectivity index (χ1n) is 6.61. The average Bonchev–Trinajstić information content (AvgIpc) is 2.54. The van der Waals surface area contributed by atoms with E-state index in [0.29, 0.717) is 22.3 Å². The lowest BCUT2D eigenvalue weighted by atomic mass is 10.0. The number of benzene rings is 2. The fraction of sp³-hybridized carbons (Fsp3) is 0.118. The predicted octanol–water partition coefficient (Wildman–Crippen LogP) is 3.18. The summed E-state index contributed by atoms with van der Waals surface area (Å²) in [5, 5.41) is 9.92. The molecule has 0 saturated heterocycles. The molecular formula is C17H14O5. The van der Waals surface area contributed by atoms with Gasteiger partial charge in [-0.3, -0.25) is 4.79 Å². The van der Waals surface area contributed by atoms with E-state index >= 15 is 0 Å². The van der Waals surface area contributed by atoms with Crippen molar-refractivity contribution >= 4 is 11.0 Å². The van der Waals surface area contributed by atoms with Gasteiger partial charge in [0, 0.05) is 12.1 Å². The number of ether oxygens (including phenoxy) is 2. The fourth-order valence-electron chi connectivity index (χ4n) is 2.33. The van der Waals surface area contributed by atoms with E-state index in [0.717, 1.165) is 0 Å². The number of methoxy groups -OCH3 is 2. The molecule has 112 valence electrons. The minimum Gasteiger partial charge on any atom is -0.508 e. The van der Waals surface area contributed by atoms with Gasteiger partial charge in [0.05, 0.1) is 19.8 Å². The van der Waals surface area contributed by atoms with E-state index in [-0.39, 0.29) is 22.5 Å². The van der Waals surface area contributed by atoms with Gasteiger partial charge in [-0.2, -0.15) is 0 Å². The van der Waals surface area contributed by atoms with Crippen LogP contribution in [0.4, 0.5) is 0 Å².